The van der Waals surface area contributed by atoms with Gasteiger partial charge in [-0.2, -0.15) is 14.0 Å². The number of halogens is 2. The molecule has 0 aliphatic heterocycles. The van der Waals surface area contributed by atoms with Crippen molar-refractivity contribution in [2.45, 2.75) is 0 Å². The van der Waals surface area contributed by atoms with Crippen LogP contribution < -0.4 is 14.0 Å². The van der Waals surface area contributed by atoms with Crippen molar-refractivity contribution < 1.29 is 33.5 Å². The highest BCUT2D eigenvalue weighted by Gasteiger charge is 1.98. The van der Waals surface area contributed by atoms with E-state index >= 15 is 0 Å². The molecule has 0 radical (unpaired) electrons. The van der Waals surface area contributed by atoms with Crippen molar-refractivity contribution in [1.29, 1.82) is 0 Å². The fourth-order valence-corrected chi connectivity index (χ4v) is 1.09. The molecule has 0 amide bonds. The van der Waals surface area contributed by atoms with E-state index in [1.807, 2.05) is 61.3 Å². The van der Waals surface area contributed by atoms with Gasteiger partial charge in [0.1, 0.15) is 14.1 Å². The van der Waals surface area contributed by atoms with Crippen molar-refractivity contribution in [3.8, 4) is 0 Å². The first-order valence-corrected chi connectivity index (χ1v) is 6.40. The topological polar surface area (TPSA) is 92.4 Å². The van der Waals surface area contributed by atoms with Crippen LogP contribution in [0.25, 0.3) is 5.03 Å². The Morgan fingerprint density at radius 3 is 2.06 bits per heavy atom. The molecule has 18 heavy (non-hydrogen) atoms. The van der Waals surface area contributed by atoms with Gasteiger partial charge in [-0.05, 0) is 5.56 Å². The lowest BCUT2D eigenvalue weighted by Crippen LogP contribution is -2.58. The highest BCUT2D eigenvalue weighted by molar-refractivity contribution is 6.49. The molecule has 1 aromatic carbocycles. The number of hydrogen-bond acceptors (Lipinski definition) is 4. The van der Waals surface area contributed by atoms with Crippen LogP contribution in [0.3, 0.4) is 0 Å². The summed E-state index contributed by atoms with van der Waals surface area (Å²) in [5, 5.41) is 0.759. The van der Waals surface area contributed by atoms with Crippen molar-refractivity contribution in [3.63, 3.8) is 0 Å². The van der Waals surface area contributed by atoms with Crippen LogP contribution >= 0.6 is 11.6 Å². The van der Waals surface area contributed by atoms with Crippen LogP contribution in [0.2, 0.25) is 0 Å². The number of nitrogens with zero attached hydrogens (tertiary/aromatic N) is 1. The maximum Gasteiger partial charge on any atom is 0.164 e. The quantitative estimate of drug-likeness (QED) is 0.530. The van der Waals surface area contributed by atoms with Crippen LogP contribution in [0.4, 0.5) is 0 Å². The van der Waals surface area contributed by atoms with E-state index in [9.17, 15) is 0 Å². The Labute approximate surface area is 113 Å². The molecule has 0 unspecified atom stereocenters. The first kappa shape index (κ1) is 17.1. The summed E-state index contributed by atoms with van der Waals surface area (Å²) in [6.07, 6.45) is 3.81. The van der Waals surface area contributed by atoms with Gasteiger partial charge in [0.25, 0.3) is 0 Å². The molecule has 0 aliphatic rings. The zero-order valence-corrected chi connectivity index (χ0v) is 11.4. The average molecular weight is 295 g/mol. The monoisotopic (exact) mass is 294 g/mol. The first-order valence-electron chi connectivity index (χ1n) is 4.76. The zero-order chi connectivity index (χ0) is 14.2. The van der Waals surface area contributed by atoms with E-state index in [1.54, 1.807) is 0 Å². The maximum absolute atomic E-state index is 8.60. The SMILES string of the molecule is C[N+](C)=C/C=C(\Cl)c1ccccc1.[O-][Cl+3]([O-])([O-])O. The summed E-state index contributed by atoms with van der Waals surface area (Å²) >= 11 is 6.05. The minimum Gasteiger partial charge on any atom is -0.241 e. The van der Waals surface area contributed by atoms with Gasteiger partial charge in [-0.1, -0.05) is 41.9 Å². The van der Waals surface area contributed by atoms with Crippen molar-refractivity contribution in [3.05, 3.63) is 42.0 Å². The average Bonchev–Trinajstić information content (AvgIpc) is 2.25. The van der Waals surface area contributed by atoms with Crippen LogP contribution in [0.5, 0.6) is 0 Å². The zero-order valence-electron chi connectivity index (χ0n) is 9.92. The lowest BCUT2D eigenvalue weighted by Gasteiger charge is -2.03. The van der Waals surface area contributed by atoms with Crippen molar-refractivity contribution in [2.24, 2.45) is 0 Å². The molecule has 1 rings (SSSR count). The summed E-state index contributed by atoms with van der Waals surface area (Å²) in [7, 11) is -0.767. The van der Waals surface area contributed by atoms with Crippen LogP contribution in [-0.4, -0.2) is 29.5 Å². The highest BCUT2D eigenvalue weighted by Crippen LogP contribution is 2.16. The summed E-state index contributed by atoms with van der Waals surface area (Å²) in [5.41, 5.74) is 1.04. The van der Waals surface area contributed by atoms with Gasteiger partial charge in [-0.15, -0.1) is 0 Å². The molecule has 1 N–H and O–H groups in total. The van der Waals surface area contributed by atoms with Crippen LogP contribution in [0.15, 0.2) is 36.4 Å². The Hall–Kier alpha value is -0.950. The van der Waals surface area contributed by atoms with E-state index in [4.69, 9.17) is 30.2 Å². The molecule has 0 bridgehead atoms. The van der Waals surface area contributed by atoms with Crippen molar-refractivity contribution in [1.82, 2.24) is 0 Å². The number of hydrogen-bond donors (Lipinski definition) is 1. The van der Waals surface area contributed by atoms with Gasteiger partial charge in [-0.3, -0.25) is 0 Å². The second-order valence-corrected chi connectivity index (χ2v) is 4.59. The molecule has 0 aliphatic carbocycles. The highest BCUT2D eigenvalue weighted by atomic mass is 35.7. The molecular weight excluding hydrogens is 281 g/mol. The van der Waals surface area contributed by atoms with E-state index in [0.717, 1.165) is 10.6 Å². The van der Waals surface area contributed by atoms with Crippen LogP contribution in [0.1, 0.15) is 5.56 Å². The first-order chi connectivity index (χ1) is 8.20. The summed E-state index contributed by atoms with van der Waals surface area (Å²) in [5.74, 6) is 0. The second-order valence-electron chi connectivity index (χ2n) is 3.39. The summed E-state index contributed by atoms with van der Waals surface area (Å²) in [4.78, 5) is 0. The van der Waals surface area contributed by atoms with Gasteiger partial charge in [0, 0.05) is 6.08 Å². The molecule has 0 saturated carbocycles. The maximum atomic E-state index is 8.60. The smallest absolute Gasteiger partial charge is 0.164 e. The Bertz CT molecular complexity index is 403. The van der Waals surface area contributed by atoms with Gasteiger partial charge in [0.05, 0.1) is 19.9 Å². The predicted molar refractivity (Wildman–Crippen MR) is 60.7 cm³/mol. The summed E-state index contributed by atoms with van der Waals surface area (Å²) in [6.45, 7) is 0. The second kappa shape index (κ2) is 8.20. The van der Waals surface area contributed by atoms with Gasteiger partial charge >= 0.3 is 0 Å². The van der Waals surface area contributed by atoms with Gasteiger partial charge < -0.3 is 0 Å². The molecule has 0 fully saturated rings. The molecule has 5 nitrogen and oxygen atoms in total. The standard InChI is InChI=1S/C11H13ClN.ClHO4/c1-13(2)9-8-11(12)10-6-4-3-5-7-10;2-1(3,4)5/h3-9H,1-2H3;(H,2,3,4,5)/q+1;/b11-8-;. The normalized spacial score (nSPS) is 11.4. The van der Waals surface area contributed by atoms with Crippen LogP contribution in [0, 0.1) is 10.2 Å². The lowest BCUT2D eigenvalue weighted by atomic mass is 10.2. The predicted octanol–water partition coefficient (Wildman–Crippen LogP) is -1.51. The Balaban J connectivity index is 0.000000494. The van der Waals surface area contributed by atoms with E-state index in [2.05, 4.69) is 0 Å². The number of rotatable bonds is 2. The van der Waals surface area contributed by atoms with Gasteiger partial charge in [0.2, 0.25) is 0 Å². The lowest BCUT2D eigenvalue weighted by molar-refractivity contribution is -1.92. The minimum atomic E-state index is -4.69. The largest absolute Gasteiger partial charge is 0.241 e. The van der Waals surface area contributed by atoms with E-state index in [-0.39, 0.29) is 0 Å². The molecule has 0 aromatic heterocycles. The molecular formula is C11H14Cl2NO4+. The third-order valence-electron chi connectivity index (χ3n) is 1.57. The number of benzene rings is 1. The fraction of sp³-hybridized carbons (Fsp3) is 0.182. The molecule has 100 valence electrons. The third kappa shape index (κ3) is 11.5. The number of allylic oxidation sites excluding steroid dienone is 1. The Kier molecular flexibility index (Phi) is 7.77. The minimum absolute atomic E-state index is 0.759. The fourth-order valence-electron chi connectivity index (χ4n) is 0.908. The molecule has 0 spiro atoms. The summed E-state index contributed by atoms with van der Waals surface area (Å²) < 4.78 is 34.7. The molecule has 7 heteroatoms. The molecule has 0 heterocycles. The van der Waals surface area contributed by atoms with Gasteiger partial charge in [0.15, 0.2) is 6.21 Å². The summed E-state index contributed by atoms with van der Waals surface area (Å²) in [6, 6.07) is 9.90. The molecule has 0 atom stereocenters. The van der Waals surface area contributed by atoms with Gasteiger partial charge in [-0.25, -0.2) is 4.58 Å². The molecule has 1 aromatic rings. The Morgan fingerprint density at radius 1 is 1.22 bits per heavy atom. The molecule has 0 saturated heterocycles. The van der Waals surface area contributed by atoms with E-state index < -0.39 is 10.2 Å². The van der Waals surface area contributed by atoms with Crippen molar-refractivity contribution >= 4 is 22.8 Å². The Morgan fingerprint density at radius 2 is 1.67 bits per heavy atom. The van der Waals surface area contributed by atoms with E-state index in [1.165, 1.54) is 0 Å². The van der Waals surface area contributed by atoms with E-state index in [0.29, 0.717) is 0 Å². The van der Waals surface area contributed by atoms with Crippen molar-refractivity contribution in [2.75, 3.05) is 14.1 Å². The third-order valence-corrected chi connectivity index (χ3v) is 1.91. The van der Waals surface area contributed by atoms with Crippen LogP contribution in [-0.2, 0) is 0 Å².